The summed E-state index contributed by atoms with van der Waals surface area (Å²) in [7, 11) is -2.27. The minimum atomic E-state index is -3.73. The third-order valence-electron chi connectivity index (χ3n) is 4.42. The third-order valence-corrected chi connectivity index (χ3v) is 7.55. The minimum absolute atomic E-state index is 0.0600. The van der Waals surface area contributed by atoms with Crippen LogP contribution in [0.4, 0.5) is 11.4 Å². The van der Waals surface area contributed by atoms with Gasteiger partial charge in [-0.05, 0) is 36.4 Å². The van der Waals surface area contributed by atoms with E-state index in [0.717, 1.165) is 4.90 Å². The van der Waals surface area contributed by atoms with Crippen LogP contribution in [0.3, 0.4) is 0 Å². The highest BCUT2D eigenvalue weighted by atomic mass is 35.5. The van der Waals surface area contributed by atoms with E-state index >= 15 is 0 Å². The Bertz CT molecular complexity index is 1090. The first-order valence-electron chi connectivity index (χ1n) is 9.14. The quantitative estimate of drug-likeness (QED) is 0.665. The smallest absolute Gasteiger partial charge is 0.225 e. The number of methoxy groups -OCH3 is 1. The van der Waals surface area contributed by atoms with Gasteiger partial charge in [0.15, 0.2) is 9.84 Å². The summed E-state index contributed by atoms with van der Waals surface area (Å²) in [4.78, 5) is 25.1. The Kier molecular flexibility index (Phi) is 6.95. The third kappa shape index (κ3) is 5.47. The number of rotatable bonds is 6. The molecular weight excluding hydrogens is 448 g/mol. The highest BCUT2D eigenvalue weighted by Crippen LogP contribution is 2.36. The fourth-order valence-corrected chi connectivity index (χ4v) is 5.45. The van der Waals surface area contributed by atoms with E-state index in [9.17, 15) is 18.0 Å². The first kappa shape index (κ1) is 22.5. The highest BCUT2D eigenvalue weighted by molar-refractivity contribution is 8.00. The number of ether oxygens (including phenoxy) is 1. The molecule has 0 fully saturated rings. The second kappa shape index (κ2) is 9.28. The summed E-state index contributed by atoms with van der Waals surface area (Å²) in [6.45, 7) is 1.94. The molecule has 0 aliphatic carbocycles. The van der Waals surface area contributed by atoms with Gasteiger partial charge in [0, 0.05) is 28.0 Å². The van der Waals surface area contributed by atoms with E-state index in [4.69, 9.17) is 16.3 Å². The molecule has 0 aromatic heterocycles. The van der Waals surface area contributed by atoms with Gasteiger partial charge in [-0.3, -0.25) is 9.59 Å². The van der Waals surface area contributed by atoms with Gasteiger partial charge in [-0.2, -0.15) is 0 Å². The van der Waals surface area contributed by atoms with Crippen LogP contribution in [0.1, 0.15) is 19.8 Å². The summed E-state index contributed by atoms with van der Waals surface area (Å²) >= 11 is 7.46. The fraction of sp³-hybridized carbons (Fsp3) is 0.300. The standard InChI is InChI=1S/C20H21ClN2O5S2/c1-12-9-20(25)23-16-11-14(4-6-18(16)29-12)30(26,27)8-7-19(24)22-15-10-13(21)3-5-17(15)28-2/h3-6,10-12H,7-9H2,1-2H3,(H,22,24)(H,23,25)/t12-/m0/s1. The lowest BCUT2D eigenvalue weighted by molar-refractivity contribution is -0.116. The minimum Gasteiger partial charge on any atom is -0.495 e. The van der Waals surface area contributed by atoms with Crippen molar-refractivity contribution >= 4 is 56.4 Å². The Morgan fingerprint density at radius 3 is 2.80 bits per heavy atom. The van der Waals surface area contributed by atoms with Gasteiger partial charge in [0.2, 0.25) is 11.8 Å². The number of nitrogens with one attached hydrogen (secondary N) is 2. The van der Waals surface area contributed by atoms with Gasteiger partial charge in [-0.25, -0.2) is 8.42 Å². The molecule has 0 bridgehead atoms. The fourth-order valence-electron chi connectivity index (χ4n) is 2.96. The maximum Gasteiger partial charge on any atom is 0.225 e. The van der Waals surface area contributed by atoms with Crippen LogP contribution in [0.2, 0.25) is 5.02 Å². The molecule has 1 atom stereocenters. The average Bonchev–Trinajstić information content (AvgIpc) is 2.82. The molecule has 1 aliphatic rings. The van der Waals surface area contributed by atoms with Gasteiger partial charge in [0.05, 0.1) is 29.1 Å². The normalized spacial score (nSPS) is 16.2. The van der Waals surface area contributed by atoms with Gasteiger partial charge in [-0.1, -0.05) is 18.5 Å². The Hall–Kier alpha value is -2.23. The molecule has 1 heterocycles. The zero-order chi connectivity index (χ0) is 21.9. The van der Waals surface area contributed by atoms with Crippen molar-refractivity contribution in [2.75, 3.05) is 23.5 Å². The lowest BCUT2D eigenvalue weighted by atomic mass is 10.3. The first-order valence-corrected chi connectivity index (χ1v) is 12.1. The van der Waals surface area contributed by atoms with E-state index in [2.05, 4.69) is 10.6 Å². The molecule has 2 N–H and O–H groups in total. The van der Waals surface area contributed by atoms with Gasteiger partial charge in [0.25, 0.3) is 0 Å². The maximum absolute atomic E-state index is 12.7. The van der Waals surface area contributed by atoms with E-state index in [1.807, 2.05) is 6.92 Å². The largest absolute Gasteiger partial charge is 0.495 e. The van der Waals surface area contributed by atoms with E-state index in [1.54, 1.807) is 18.2 Å². The predicted octanol–water partition coefficient (Wildman–Crippen LogP) is 3.97. The van der Waals surface area contributed by atoms with E-state index in [0.29, 0.717) is 28.6 Å². The van der Waals surface area contributed by atoms with Crippen LogP contribution < -0.4 is 15.4 Å². The Balaban J connectivity index is 1.71. The van der Waals surface area contributed by atoms with Crippen LogP contribution in [-0.4, -0.2) is 38.3 Å². The first-order chi connectivity index (χ1) is 14.2. The summed E-state index contributed by atoms with van der Waals surface area (Å²) in [5.41, 5.74) is 0.842. The van der Waals surface area contributed by atoms with E-state index in [-0.39, 0.29) is 28.2 Å². The molecule has 3 rings (SSSR count). The summed E-state index contributed by atoms with van der Waals surface area (Å²) < 4.78 is 30.6. The number of sulfone groups is 1. The molecule has 2 aromatic carbocycles. The van der Waals surface area contributed by atoms with Gasteiger partial charge in [-0.15, -0.1) is 11.8 Å². The number of halogens is 1. The molecule has 1 aliphatic heterocycles. The number of benzene rings is 2. The highest BCUT2D eigenvalue weighted by Gasteiger charge is 2.23. The molecule has 7 nitrogen and oxygen atoms in total. The van der Waals surface area contributed by atoms with Crippen molar-refractivity contribution < 1.29 is 22.7 Å². The van der Waals surface area contributed by atoms with Gasteiger partial charge in [0.1, 0.15) is 5.75 Å². The summed E-state index contributed by atoms with van der Waals surface area (Å²) in [5, 5.41) is 5.89. The second-order valence-corrected chi connectivity index (χ2v) is 10.8. The topological polar surface area (TPSA) is 102 Å². The Morgan fingerprint density at radius 1 is 1.30 bits per heavy atom. The number of thioether (sulfide) groups is 1. The number of hydrogen-bond donors (Lipinski definition) is 2. The van der Waals surface area contributed by atoms with Crippen molar-refractivity contribution in [2.24, 2.45) is 0 Å². The molecule has 2 aromatic rings. The van der Waals surface area contributed by atoms with Crippen LogP contribution in [0, 0.1) is 0 Å². The van der Waals surface area contributed by atoms with Crippen molar-refractivity contribution in [2.45, 2.75) is 34.8 Å². The zero-order valence-corrected chi connectivity index (χ0v) is 18.8. The monoisotopic (exact) mass is 468 g/mol. The number of amides is 2. The molecular formula is C20H21ClN2O5S2. The molecule has 0 spiro atoms. The van der Waals surface area contributed by atoms with E-state index in [1.165, 1.54) is 37.1 Å². The van der Waals surface area contributed by atoms with Crippen LogP contribution in [0.25, 0.3) is 0 Å². The number of fused-ring (bicyclic) bond motifs is 1. The van der Waals surface area contributed by atoms with Gasteiger partial charge < -0.3 is 15.4 Å². The SMILES string of the molecule is COc1ccc(Cl)cc1NC(=O)CCS(=O)(=O)c1ccc2c(c1)NC(=O)C[C@H](C)S2. The van der Waals surface area contributed by atoms with Crippen LogP contribution in [0.5, 0.6) is 5.75 Å². The Morgan fingerprint density at radius 2 is 2.07 bits per heavy atom. The number of carbonyl (C=O) groups excluding carboxylic acids is 2. The van der Waals surface area contributed by atoms with Crippen LogP contribution in [-0.2, 0) is 19.4 Å². The predicted molar refractivity (Wildman–Crippen MR) is 118 cm³/mol. The lowest BCUT2D eigenvalue weighted by Crippen LogP contribution is -2.18. The number of carbonyl (C=O) groups is 2. The molecule has 160 valence electrons. The van der Waals surface area contributed by atoms with Crippen LogP contribution >= 0.6 is 23.4 Å². The van der Waals surface area contributed by atoms with Crippen molar-refractivity contribution in [3.63, 3.8) is 0 Å². The maximum atomic E-state index is 12.7. The lowest BCUT2D eigenvalue weighted by Gasteiger charge is -2.12. The molecule has 0 saturated heterocycles. The molecule has 10 heteroatoms. The summed E-state index contributed by atoms with van der Waals surface area (Å²) in [6, 6.07) is 9.40. The van der Waals surface area contributed by atoms with Crippen molar-refractivity contribution in [1.29, 1.82) is 0 Å². The molecule has 2 amide bonds. The molecule has 0 radical (unpaired) electrons. The molecule has 30 heavy (non-hydrogen) atoms. The van der Waals surface area contributed by atoms with Crippen molar-refractivity contribution in [3.8, 4) is 5.75 Å². The number of hydrogen-bond acceptors (Lipinski definition) is 6. The zero-order valence-electron chi connectivity index (χ0n) is 16.4. The van der Waals surface area contributed by atoms with Gasteiger partial charge >= 0.3 is 0 Å². The van der Waals surface area contributed by atoms with Crippen LogP contribution in [0.15, 0.2) is 46.2 Å². The molecule has 0 saturated carbocycles. The van der Waals surface area contributed by atoms with Crippen molar-refractivity contribution in [1.82, 2.24) is 0 Å². The second-order valence-electron chi connectivity index (χ2n) is 6.80. The van der Waals surface area contributed by atoms with Crippen molar-refractivity contribution in [3.05, 3.63) is 41.4 Å². The number of anilines is 2. The average molecular weight is 469 g/mol. The summed E-state index contributed by atoms with van der Waals surface area (Å²) in [6.07, 6.45) is 0.113. The Labute approximate surface area is 184 Å². The molecule has 0 unspecified atom stereocenters. The summed E-state index contributed by atoms with van der Waals surface area (Å²) in [5.74, 6) is -0.591. The van der Waals surface area contributed by atoms with E-state index < -0.39 is 15.7 Å².